The van der Waals surface area contributed by atoms with Crippen LogP contribution in [0, 0.1) is 0 Å². The molecule has 2 N–H and O–H groups in total. The maximum absolute atomic E-state index is 12.2. The lowest BCUT2D eigenvalue weighted by atomic mass is 10.0. The lowest BCUT2D eigenvalue weighted by Crippen LogP contribution is -2.20. The molecule has 0 atom stereocenters. The van der Waals surface area contributed by atoms with Gasteiger partial charge in [-0.1, -0.05) is 50.2 Å². The minimum atomic E-state index is -0.0182. The molecule has 0 spiro atoms. The molecule has 0 unspecified atom stereocenters. The summed E-state index contributed by atoms with van der Waals surface area (Å²) in [6.45, 7) is 5.67. The van der Waals surface area contributed by atoms with Crippen molar-refractivity contribution in [3.63, 3.8) is 0 Å². The lowest BCUT2D eigenvalue weighted by molar-refractivity contribution is 0.688. The van der Waals surface area contributed by atoms with Crippen LogP contribution < -0.4 is 10.9 Å². The highest BCUT2D eigenvalue weighted by molar-refractivity contribution is 5.79. The molecular formula is C20H22N2O. The summed E-state index contributed by atoms with van der Waals surface area (Å²) in [7, 11) is 0. The van der Waals surface area contributed by atoms with Gasteiger partial charge in [0.05, 0.1) is 0 Å². The summed E-state index contributed by atoms with van der Waals surface area (Å²) in [5.74, 6) is 0.478. The van der Waals surface area contributed by atoms with E-state index in [4.69, 9.17) is 0 Å². The molecule has 1 aromatic heterocycles. The number of benzene rings is 2. The minimum Gasteiger partial charge on any atom is -0.322 e. The van der Waals surface area contributed by atoms with Crippen LogP contribution in [-0.2, 0) is 13.1 Å². The number of hydrogen-bond donors (Lipinski definition) is 2. The molecule has 2 aromatic carbocycles. The second kappa shape index (κ2) is 6.80. The maximum atomic E-state index is 12.2. The van der Waals surface area contributed by atoms with Gasteiger partial charge in [0, 0.05) is 24.2 Å². The van der Waals surface area contributed by atoms with E-state index in [1.165, 1.54) is 11.1 Å². The SMILES string of the molecule is CC(C)c1ccc2[nH]c(=O)c(CNCc3ccccc3)cc2c1. The average Bonchev–Trinajstić information content (AvgIpc) is 2.56. The molecule has 23 heavy (non-hydrogen) atoms. The molecule has 0 aliphatic rings. The number of H-pyrrole nitrogens is 1. The van der Waals surface area contributed by atoms with E-state index < -0.39 is 0 Å². The smallest absolute Gasteiger partial charge is 0.252 e. The Morgan fingerprint density at radius 3 is 2.52 bits per heavy atom. The first-order valence-corrected chi connectivity index (χ1v) is 8.04. The third-order valence-electron chi connectivity index (χ3n) is 4.10. The van der Waals surface area contributed by atoms with Crippen LogP contribution in [-0.4, -0.2) is 4.98 Å². The van der Waals surface area contributed by atoms with Crippen LogP contribution >= 0.6 is 0 Å². The highest BCUT2D eigenvalue weighted by atomic mass is 16.1. The summed E-state index contributed by atoms with van der Waals surface area (Å²) in [6, 6.07) is 18.4. The van der Waals surface area contributed by atoms with Crippen molar-refractivity contribution in [3.05, 3.63) is 81.6 Å². The van der Waals surface area contributed by atoms with Gasteiger partial charge in [0.15, 0.2) is 0 Å². The van der Waals surface area contributed by atoms with E-state index in [0.717, 1.165) is 23.0 Å². The first-order valence-electron chi connectivity index (χ1n) is 8.04. The highest BCUT2D eigenvalue weighted by Gasteiger charge is 2.05. The minimum absolute atomic E-state index is 0.0182. The van der Waals surface area contributed by atoms with Crippen LogP contribution in [0.15, 0.2) is 59.4 Å². The number of pyridine rings is 1. The van der Waals surface area contributed by atoms with Crippen molar-refractivity contribution in [1.82, 2.24) is 10.3 Å². The molecule has 0 aliphatic carbocycles. The second-order valence-corrected chi connectivity index (χ2v) is 6.21. The van der Waals surface area contributed by atoms with Crippen LogP contribution in [0.25, 0.3) is 10.9 Å². The molecule has 0 bridgehead atoms. The van der Waals surface area contributed by atoms with Gasteiger partial charge in [-0.15, -0.1) is 0 Å². The van der Waals surface area contributed by atoms with Crippen molar-refractivity contribution in [3.8, 4) is 0 Å². The number of aromatic amines is 1. The van der Waals surface area contributed by atoms with E-state index in [2.05, 4.69) is 48.4 Å². The van der Waals surface area contributed by atoms with Gasteiger partial charge in [-0.05, 0) is 40.6 Å². The fraction of sp³-hybridized carbons (Fsp3) is 0.250. The number of fused-ring (bicyclic) bond motifs is 1. The van der Waals surface area contributed by atoms with Gasteiger partial charge in [0.25, 0.3) is 5.56 Å². The molecule has 0 saturated carbocycles. The standard InChI is InChI=1S/C20H22N2O/c1-14(2)16-8-9-19-17(10-16)11-18(20(23)22-19)13-21-12-15-6-4-3-5-7-15/h3-11,14,21H,12-13H2,1-2H3,(H,22,23). The number of nitrogens with one attached hydrogen (secondary N) is 2. The Hall–Kier alpha value is -2.39. The predicted molar refractivity (Wildman–Crippen MR) is 95.6 cm³/mol. The molecule has 3 aromatic rings. The van der Waals surface area contributed by atoms with Crippen LogP contribution in [0.1, 0.15) is 36.5 Å². The van der Waals surface area contributed by atoms with E-state index in [9.17, 15) is 4.79 Å². The van der Waals surface area contributed by atoms with E-state index in [1.807, 2.05) is 30.3 Å². The Labute approximate surface area is 136 Å². The van der Waals surface area contributed by atoms with Gasteiger partial charge >= 0.3 is 0 Å². The normalized spacial score (nSPS) is 11.3. The Balaban J connectivity index is 1.79. The van der Waals surface area contributed by atoms with E-state index in [0.29, 0.717) is 12.5 Å². The first-order chi connectivity index (χ1) is 11.1. The van der Waals surface area contributed by atoms with Gasteiger partial charge in [-0.2, -0.15) is 0 Å². The molecule has 3 heteroatoms. The van der Waals surface area contributed by atoms with Crippen LogP contribution in [0.5, 0.6) is 0 Å². The van der Waals surface area contributed by atoms with Crippen LogP contribution in [0.4, 0.5) is 0 Å². The molecule has 0 saturated heterocycles. The molecule has 118 valence electrons. The Bertz CT molecular complexity index is 850. The molecule has 3 nitrogen and oxygen atoms in total. The molecule has 3 rings (SSSR count). The monoisotopic (exact) mass is 306 g/mol. The summed E-state index contributed by atoms with van der Waals surface area (Å²) in [6.07, 6.45) is 0. The van der Waals surface area contributed by atoms with Crippen molar-refractivity contribution >= 4 is 10.9 Å². The topological polar surface area (TPSA) is 44.9 Å². The zero-order chi connectivity index (χ0) is 16.2. The molecule has 0 fully saturated rings. The quantitative estimate of drug-likeness (QED) is 0.750. The Morgan fingerprint density at radius 1 is 1.00 bits per heavy atom. The largest absolute Gasteiger partial charge is 0.322 e. The maximum Gasteiger partial charge on any atom is 0.252 e. The summed E-state index contributed by atoms with van der Waals surface area (Å²) in [5, 5.41) is 4.43. The predicted octanol–water partition coefficient (Wildman–Crippen LogP) is 3.94. The molecule has 0 aliphatic heterocycles. The van der Waals surface area contributed by atoms with Gasteiger partial charge < -0.3 is 10.3 Å². The summed E-state index contributed by atoms with van der Waals surface area (Å²) < 4.78 is 0. The third-order valence-corrected chi connectivity index (χ3v) is 4.10. The first kappa shape index (κ1) is 15.5. The third kappa shape index (κ3) is 3.69. The zero-order valence-electron chi connectivity index (χ0n) is 13.6. The fourth-order valence-corrected chi connectivity index (χ4v) is 2.70. The average molecular weight is 306 g/mol. The lowest BCUT2D eigenvalue weighted by Gasteiger charge is -2.09. The van der Waals surface area contributed by atoms with Gasteiger partial charge in [-0.25, -0.2) is 0 Å². The molecule has 0 radical (unpaired) electrons. The van der Waals surface area contributed by atoms with Crippen LogP contribution in [0.3, 0.4) is 0 Å². The van der Waals surface area contributed by atoms with E-state index in [1.54, 1.807) is 0 Å². The summed E-state index contributed by atoms with van der Waals surface area (Å²) in [4.78, 5) is 15.2. The zero-order valence-corrected chi connectivity index (χ0v) is 13.6. The highest BCUT2D eigenvalue weighted by Crippen LogP contribution is 2.19. The van der Waals surface area contributed by atoms with Gasteiger partial charge in [0.2, 0.25) is 0 Å². The Morgan fingerprint density at radius 2 is 1.78 bits per heavy atom. The number of hydrogen-bond acceptors (Lipinski definition) is 2. The van der Waals surface area contributed by atoms with Crippen molar-refractivity contribution < 1.29 is 0 Å². The second-order valence-electron chi connectivity index (χ2n) is 6.21. The summed E-state index contributed by atoms with van der Waals surface area (Å²) >= 11 is 0. The van der Waals surface area contributed by atoms with Gasteiger partial charge in [-0.3, -0.25) is 4.79 Å². The molecule has 0 amide bonds. The van der Waals surface area contributed by atoms with Crippen molar-refractivity contribution in [2.75, 3.05) is 0 Å². The van der Waals surface area contributed by atoms with Crippen molar-refractivity contribution in [1.29, 1.82) is 0 Å². The van der Waals surface area contributed by atoms with Crippen molar-refractivity contribution in [2.45, 2.75) is 32.9 Å². The number of aromatic nitrogens is 1. The van der Waals surface area contributed by atoms with E-state index in [-0.39, 0.29) is 5.56 Å². The van der Waals surface area contributed by atoms with Crippen LogP contribution in [0.2, 0.25) is 0 Å². The Kier molecular flexibility index (Phi) is 4.58. The summed E-state index contributed by atoms with van der Waals surface area (Å²) in [5.41, 5.74) is 4.15. The van der Waals surface area contributed by atoms with Gasteiger partial charge in [0.1, 0.15) is 0 Å². The fourth-order valence-electron chi connectivity index (χ4n) is 2.70. The molecular weight excluding hydrogens is 284 g/mol. The number of rotatable bonds is 5. The molecule has 1 heterocycles. The van der Waals surface area contributed by atoms with E-state index >= 15 is 0 Å². The van der Waals surface area contributed by atoms with Crippen molar-refractivity contribution in [2.24, 2.45) is 0 Å².